The van der Waals surface area contributed by atoms with Gasteiger partial charge in [-0.05, 0) is 20.3 Å². The van der Waals surface area contributed by atoms with E-state index in [4.69, 9.17) is 9.26 Å². The van der Waals surface area contributed by atoms with Crippen molar-refractivity contribution < 1.29 is 24.0 Å². The van der Waals surface area contributed by atoms with Crippen molar-refractivity contribution in [1.29, 1.82) is 0 Å². The van der Waals surface area contributed by atoms with E-state index < -0.39 is 12.0 Å². The summed E-state index contributed by atoms with van der Waals surface area (Å²) in [7, 11) is 0. The highest BCUT2D eigenvalue weighted by Crippen LogP contribution is 2.20. The number of rotatable bonds is 4. The van der Waals surface area contributed by atoms with Crippen LogP contribution in [-0.4, -0.2) is 52.8 Å². The van der Waals surface area contributed by atoms with Crippen molar-refractivity contribution in [2.75, 3.05) is 19.8 Å². The smallest absolute Gasteiger partial charge is 0.328 e. The van der Waals surface area contributed by atoms with Crippen molar-refractivity contribution in [2.45, 2.75) is 33.2 Å². The van der Waals surface area contributed by atoms with Crippen LogP contribution in [0, 0.1) is 19.8 Å². The summed E-state index contributed by atoms with van der Waals surface area (Å²) in [6.07, 6.45) is 0.490. The molecule has 0 bridgehead atoms. The number of carboxylic acid groups (broad SMARTS) is 1. The van der Waals surface area contributed by atoms with E-state index in [1.54, 1.807) is 13.8 Å². The highest BCUT2D eigenvalue weighted by molar-refractivity contribution is 5.85. The topological polar surface area (TPSA) is 92.9 Å². The predicted octanol–water partition coefficient (Wildman–Crippen LogP) is 0.782. The van der Waals surface area contributed by atoms with Gasteiger partial charge in [0.15, 0.2) is 6.04 Å². The number of aryl methyl sites for hydroxylation is 2. The van der Waals surface area contributed by atoms with Gasteiger partial charge in [-0.2, -0.15) is 0 Å². The number of hydrogen-bond acceptors (Lipinski definition) is 5. The van der Waals surface area contributed by atoms with E-state index in [9.17, 15) is 14.7 Å². The third-order valence-electron chi connectivity index (χ3n) is 3.81. The number of aliphatic carboxylic acids is 1. The lowest BCUT2D eigenvalue weighted by molar-refractivity contribution is -0.160. The molecular weight excluding hydrogens is 276 g/mol. The van der Waals surface area contributed by atoms with E-state index in [2.05, 4.69) is 5.16 Å². The maximum atomic E-state index is 12.5. The standard InChI is InChI=1S/C14H20N2O5/c1-8(6-11-9(2)15-21-10(11)3)13(17)16-4-5-20-7-12(16)14(18)19/h8,12H,4-7H2,1-3H3,(H,18,19). The first kappa shape index (κ1) is 15.5. The molecule has 2 atom stereocenters. The lowest BCUT2D eigenvalue weighted by Gasteiger charge is -2.34. The van der Waals surface area contributed by atoms with Gasteiger partial charge < -0.3 is 19.3 Å². The lowest BCUT2D eigenvalue weighted by atomic mass is 9.97. The van der Waals surface area contributed by atoms with E-state index in [1.165, 1.54) is 4.90 Å². The Morgan fingerprint density at radius 2 is 2.19 bits per heavy atom. The first-order chi connectivity index (χ1) is 9.91. The average Bonchev–Trinajstić information content (AvgIpc) is 2.78. The molecule has 1 N–H and O–H groups in total. The van der Waals surface area contributed by atoms with E-state index in [-0.39, 0.29) is 18.4 Å². The van der Waals surface area contributed by atoms with Gasteiger partial charge >= 0.3 is 5.97 Å². The number of amides is 1. The van der Waals surface area contributed by atoms with Gasteiger partial charge in [0.05, 0.1) is 18.9 Å². The fourth-order valence-electron chi connectivity index (χ4n) is 2.54. The van der Waals surface area contributed by atoms with Crippen molar-refractivity contribution in [3.05, 3.63) is 17.0 Å². The Labute approximate surface area is 122 Å². The van der Waals surface area contributed by atoms with Crippen LogP contribution in [0.5, 0.6) is 0 Å². The van der Waals surface area contributed by atoms with Crippen LogP contribution in [0.3, 0.4) is 0 Å². The number of ether oxygens (including phenoxy) is 1. The molecule has 0 radical (unpaired) electrons. The molecule has 7 nitrogen and oxygen atoms in total. The summed E-state index contributed by atoms with van der Waals surface area (Å²) in [6, 6.07) is -0.904. The van der Waals surface area contributed by atoms with Gasteiger partial charge in [0.25, 0.3) is 0 Å². The minimum absolute atomic E-state index is 0.0408. The molecule has 0 spiro atoms. The largest absolute Gasteiger partial charge is 0.480 e. The van der Waals surface area contributed by atoms with E-state index in [1.807, 2.05) is 6.92 Å². The van der Waals surface area contributed by atoms with Crippen LogP contribution in [0.4, 0.5) is 0 Å². The zero-order valence-electron chi connectivity index (χ0n) is 12.5. The Bertz CT molecular complexity index is 520. The Hall–Kier alpha value is -1.89. The molecule has 0 aromatic carbocycles. The molecular formula is C14H20N2O5. The number of carbonyl (C=O) groups is 2. The molecule has 1 fully saturated rings. The molecule has 2 heterocycles. The second-order valence-electron chi connectivity index (χ2n) is 5.37. The van der Waals surface area contributed by atoms with Crippen molar-refractivity contribution in [2.24, 2.45) is 5.92 Å². The summed E-state index contributed by atoms with van der Waals surface area (Å²) < 4.78 is 10.2. The van der Waals surface area contributed by atoms with Gasteiger partial charge in [0.1, 0.15) is 5.76 Å². The molecule has 1 saturated heterocycles. The highest BCUT2D eigenvalue weighted by Gasteiger charge is 2.35. The van der Waals surface area contributed by atoms with E-state index >= 15 is 0 Å². The monoisotopic (exact) mass is 296 g/mol. The maximum absolute atomic E-state index is 12.5. The average molecular weight is 296 g/mol. The van der Waals surface area contributed by atoms with E-state index in [0.29, 0.717) is 25.3 Å². The lowest BCUT2D eigenvalue weighted by Crippen LogP contribution is -2.54. The zero-order valence-corrected chi connectivity index (χ0v) is 12.5. The summed E-state index contributed by atoms with van der Waals surface area (Å²) in [5.41, 5.74) is 1.68. The van der Waals surface area contributed by atoms with Crippen LogP contribution < -0.4 is 0 Å². The van der Waals surface area contributed by atoms with E-state index in [0.717, 1.165) is 11.3 Å². The second-order valence-corrected chi connectivity index (χ2v) is 5.37. The van der Waals surface area contributed by atoms with Gasteiger partial charge in [-0.1, -0.05) is 12.1 Å². The summed E-state index contributed by atoms with van der Waals surface area (Å²) in [5, 5.41) is 13.1. The molecule has 1 aromatic rings. The molecule has 116 valence electrons. The molecule has 1 aliphatic heterocycles. The minimum Gasteiger partial charge on any atom is -0.480 e. The third kappa shape index (κ3) is 3.24. The van der Waals surface area contributed by atoms with Gasteiger partial charge in [-0.3, -0.25) is 4.79 Å². The van der Waals surface area contributed by atoms with Crippen LogP contribution in [0.1, 0.15) is 23.9 Å². The molecule has 1 amide bonds. The summed E-state index contributed by atoms with van der Waals surface area (Å²) in [6.45, 7) is 6.15. The summed E-state index contributed by atoms with van der Waals surface area (Å²) >= 11 is 0. The van der Waals surface area contributed by atoms with Crippen molar-refractivity contribution in [3.63, 3.8) is 0 Å². The van der Waals surface area contributed by atoms with Gasteiger partial charge in [-0.25, -0.2) is 4.79 Å². The number of morpholine rings is 1. The number of hydrogen-bond donors (Lipinski definition) is 1. The van der Waals surface area contributed by atoms with Crippen LogP contribution in [0.25, 0.3) is 0 Å². The van der Waals surface area contributed by atoms with Gasteiger partial charge in [0.2, 0.25) is 5.91 Å². The summed E-state index contributed by atoms with van der Waals surface area (Å²) in [4.78, 5) is 25.1. The first-order valence-electron chi connectivity index (χ1n) is 6.94. The fourth-order valence-corrected chi connectivity index (χ4v) is 2.54. The SMILES string of the molecule is Cc1noc(C)c1CC(C)C(=O)N1CCOCC1C(=O)O. The van der Waals surface area contributed by atoms with Crippen LogP contribution in [0.15, 0.2) is 4.52 Å². The van der Waals surface area contributed by atoms with Crippen molar-refractivity contribution >= 4 is 11.9 Å². The predicted molar refractivity (Wildman–Crippen MR) is 72.8 cm³/mol. The maximum Gasteiger partial charge on any atom is 0.328 e. The van der Waals surface area contributed by atoms with Crippen LogP contribution >= 0.6 is 0 Å². The Morgan fingerprint density at radius 1 is 1.48 bits per heavy atom. The quantitative estimate of drug-likeness (QED) is 0.882. The molecule has 0 aliphatic carbocycles. The van der Waals surface area contributed by atoms with Crippen LogP contribution in [-0.2, 0) is 20.7 Å². The highest BCUT2D eigenvalue weighted by atomic mass is 16.5. The normalized spacial score (nSPS) is 20.3. The van der Waals surface area contributed by atoms with Crippen molar-refractivity contribution in [1.82, 2.24) is 10.1 Å². The first-order valence-corrected chi connectivity index (χ1v) is 6.94. The van der Waals surface area contributed by atoms with Crippen molar-refractivity contribution in [3.8, 4) is 0 Å². The number of nitrogens with zero attached hydrogens (tertiary/aromatic N) is 2. The Balaban J connectivity index is 2.09. The third-order valence-corrected chi connectivity index (χ3v) is 3.81. The zero-order chi connectivity index (χ0) is 15.6. The number of aromatic nitrogens is 1. The minimum atomic E-state index is -1.03. The molecule has 2 unspecified atom stereocenters. The molecule has 1 aromatic heterocycles. The molecule has 0 saturated carbocycles. The number of carboxylic acids is 1. The molecule has 21 heavy (non-hydrogen) atoms. The van der Waals surface area contributed by atoms with Gasteiger partial charge in [-0.15, -0.1) is 0 Å². The Kier molecular flexibility index (Phi) is 4.62. The van der Waals surface area contributed by atoms with Crippen LogP contribution in [0.2, 0.25) is 0 Å². The fraction of sp³-hybridized carbons (Fsp3) is 0.643. The number of carbonyl (C=O) groups excluding carboxylic acids is 1. The molecule has 7 heteroatoms. The molecule has 1 aliphatic rings. The molecule has 2 rings (SSSR count). The summed E-state index contributed by atoms with van der Waals surface area (Å²) in [5.74, 6) is -0.844. The second kappa shape index (κ2) is 6.26. The Morgan fingerprint density at radius 3 is 2.76 bits per heavy atom. The van der Waals surface area contributed by atoms with Gasteiger partial charge in [0, 0.05) is 18.0 Å².